The Bertz CT molecular complexity index is 85.3. The third-order valence-corrected chi connectivity index (χ3v) is 2.27. The van der Waals surface area contributed by atoms with Crippen LogP contribution in [0.2, 0.25) is 0 Å². The van der Waals surface area contributed by atoms with Crippen LogP contribution in [-0.2, 0) is 4.74 Å². The Balaban J connectivity index is 2.25. The van der Waals surface area contributed by atoms with Gasteiger partial charge in [0.05, 0.1) is 6.10 Å². The molecule has 10 heavy (non-hydrogen) atoms. The van der Waals surface area contributed by atoms with Gasteiger partial charge in [0.2, 0.25) is 0 Å². The lowest BCUT2D eigenvalue weighted by atomic mass is 10.0. The summed E-state index contributed by atoms with van der Waals surface area (Å²) < 4.78 is 5.28. The Morgan fingerprint density at radius 3 is 3.00 bits per heavy atom. The lowest BCUT2D eigenvalue weighted by molar-refractivity contribution is 0.0615. The highest BCUT2D eigenvalue weighted by atomic mass is 16.5. The van der Waals surface area contributed by atoms with Crippen LogP contribution in [0.15, 0.2) is 0 Å². The Hall–Kier alpha value is -0.0800. The van der Waals surface area contributed by atoms with E-state index in [-0.39, 0.29) is 0 Å². The Labute approximate surface area is 63.0 Å². The van der Waals surface area contributed by atoms with Crippen molar-refractivity contribution >= 4 is 0 Å². The topological polar surface area (TPSA) is 21.3 Å². The monoisotopic (exact) mass is 143 g/mol. The summed E-state index contributed by atoms with van der Waals surface area (Å²) in [4.78, 5) is 0. The minimum absolute atomic E-state index is 0.506. The number of ether oxygens (including phenoxy) is 1. The first kappa shape index (κ1) is 8.02. The average molecular weight is 143 g/mol. The summed E-state index contributed by atoms with van der Waals surface area (Å²) in [6, 6.07) is 0.693. The van der Waals surface area contributed by atoms with Crippen molar-refractivity contribution in [3.8, 4) is 0 Å². The lowest BCUT2D eigenvalue weighted by Gasteiger charge is -2.28. The van der Waals surface area contributed by atoms with Crippen molar-refractivity contribution in [2.24, 2.45) is 0 Å². The molecule has 0 saturated carbocycles. The molecule has 2 atom stereocenters. The fourth-order valence-corrected chi connectivity index (χ4v) is 1.49. The van der Waals surface area contributed by atoms with Gasteiger partial charge in [-0.3, -0.25) is 0 Å². The largest absolute Gasteiger partial charge is 0.381 e. The van der Waals surface area contributed by atoms with E-state index in [1.165, 1.54) is 19.3 Å². The summed E-state index contributed by atoms with van der Waals surface area (Å²) in [7, 11) is 1.81. The number of nitrogens with one attached hydrogen (secondary N) is 1. The summed E-state index contributed by atoms with van der Waals surface area (Å²) in [5.41, 5.74) is 0. The van der Waals surface area contributed by atoms with Gasteiger partial charge in [0.15, 0.2) is 0 Å². The van der Waals surface area contributed by atoms with Crippen LogP contribution < -0.4 is 5.32 Å². The predicted molar refractivity (Wildman–Crippen MR) is 42.1 cm³/mol. The maximum atomic E-state index is 5.28. The first-order chi connectivity index (χ1) is 4.86. The molecule has 0 amide bonds. The van der Waals surface area contributed by atoms with E-state index in [1.54, 1.807) is 0 Å². The zero-order chi connectivity index (χ0) is 7.40. The van der Waals surface area contributed by atoms with Gasteiger partial charge in [-0.1, -0.05) is 6.92 Å². The molecule has 1 aliphatic heterocycles. The molecule has 60 valence electrons. The predicted octanol–water partition coefficient (Wildman–Crippen LogP) is 1.16. The van der Waals surface area contributed by atoms with Crippen LogP contribution in [0.4, 0.5) is 0 Å². The van der Waals surface area contributed by atoms with Gasteiger partial charge < -0.3 is 10.1 Å². The van der Waals surface area contributed by atoms with E-state index in [2.05, 4.69) is 12.2 Å². The normalized spacial score (nSPS) is 34.2. The van der Waals surface area contributed by atoms with Gasteiger partial charge in [0, 0.05) is 13.2 Å². The van der Waals surface area contributed by atoms with Gasteiger partial charge >= 0.3 is 0 Å². The molecule has 1 fully saturated rings. The molecule has 2 heteroatoms. The Morgan fingerprint density at radius 1 is 1.60 bits per heavy atom. The lowest BCUT2D eigenvalue weighted by Crippen LogP contribution is -2.40. The maximum Gasteiger partial charge on any atom is 0.0598 e. The highest BCUT2D eigenvalue weighted by Gasteiger charge is 2.18. The van der Waals surface area contributed by atoms with Crippen LogP contribution in [-0.4, -0.2) is 25.8 Å². The second-order valence-electron chi connectivity index (χ2n) is 2.94. The van der Waals surface area contributed by atoms with E-state index < -0.39 is 0 Å². The first-order valence-corrected chi connectivity index (χ1v) is 4.13. The van der Waals surface area contributed by atoms with Crippen LogP contribution in [0, 0.1) is 0 Å². The molecule has 1 saturated heterocycles. The van der Waals surface area contributed by atoms with Crippen molar-refractivity contribution in [3.63, 3.8) is 0 Å². The van der Waals surface area contributed by atoms with Gasteiger partial charge in [-0.05, 0) is 25.8 Å². The Morgan fingerprint density at radius 2 is 2.40 bits per heavy atom. The van der Waals surface area contributed by atoms with Crippen molar-refractivity contribution in [2.45, 2.75) is 38.3 Å². The zero-order valence-electron chi connectivity index (χ0n) is 6.89. The van der Waals surface area contributed by atoms with Crippen LogP contribution >= 0.6 is 0 Å². The third-order valence-electron chi connectivity index (χ3n) is 2.27. The van der Waals surface area contributed by atoms with Crippen molar-refractivity contribution in [1.29, 1.82) is 0 Å². The molecule has 2 unspecified atom stereocenters. The number of piperidine rings is 1. The maximum absolute atomic E-state index is 5.28. The van der Waals surface area contributed by atoms with Gasteiger partial charge in [-0.25, -0.2) is 0 Å². The molecular weight excluding hydrogens is 126 g/mol. The molecule has 0 aromatic heterocycles. The molecule has 1 N–H and O–H groups in total. The van der Waals surface area contributed by atoms with Gasteiger partial charge in [-0.2, -0.15) is 0 Å². The summed E-state index contributed by atoms with van der Waals surface area (Å²) >= 11 is 0. The fraction of sp³-hybridized carbons (Fsp3) is 1.00. The highest BCUT2D eigenvalue weighted by molar-refractivity contribution is 4.77. The molecule has 0 aromatic rings. The van der Waals surface area contributed by atoms with E-state index >= 15 is 0 Å². The van der Waals surface area contributed by atoms with Crippen molar-refractivity contribution in [1.82, 2.24) is 5.32 Å². The molecule has 2 nitrogen and oxygen atoms in total. The quantitative estimate of drug-likeness (QED) is 0.626. The van der Waals surface area contributed by atoms with Crippen LogP contribution in [0.3, 0.4) is 0 Å². The van der Waals surface area contributed by atoms with E-state index in [4.69, 9.17) is 4.74 Å². The molecular formula is C8H17NO. The standard InChI is InChI=1S/C8H17NO/c1-3-7-6-8(10-2)4-5-9-7/h7-9H,3-6H2,1-2H3. The van der Waals surface area contributed by atoms with Crippen LogP contribution in [0.25, 0.3) is 0 Å². The number of methoxy groups -OCH3 is 1. The van der Waals surface area contributed by atoms with Crippen molar-refractivity contribution < 1.29 is 4.74 Å². The molecule has 0 aromatic carbocycles. The SMILES string of the molecule is CCC1CC(OC)CCN1. The van der Waals surface area contributed by atoms with Gasteiger partial charge in [-0.15, -0.1) is 0 Å². The Kier molecular flexibility index (Phi) is 3.16. The molecule has 0 aliphatic carbocycles. The van der Waals surface area contributed by atoms with Crippen LogP contribution in [0.5, 0.6) is 0 Å². The number of hydrogen-bond donors (Lipinski definition) is 1. The molecule has 1 aliphatic rings. The summed E-state index contributed by atoms with van der Waals surface area (Å²) in [6.07, 6.45) is 4.09. The fourth-order valence-electron chi connectivity index (χ4n) is 1.49. The molecule has 0 spiro atoms. The van der Waals surface area contributed by atoms with Gasteiger partial charge in [0.1, 0.15) is 0 Å². The first-order valence-electron chi connectivity index (χ1n) is 4.13. The third kappa shape index (κ3) is 1.96. The van der Waals surface area contributed by atoms with E-state index in [0.29, 0.717) is 12.1 Å². The molecule has 0 radical (unpaired) electrons. The summed E-state index contributed by atoms with van der Waals surface area (Å²) in [6.45, 7) is 3.34. The summed E-state index contributed by atoms with van der Waals surface area (Å²) in [5, 5.41) is 3.45. The minimum Gasteiger partial charge on any atom is -0.381 e. The number of rotatable bonds is 2. The smallest absolute Gasteiger partial charge is 0.0598 e. The highest BCUT2D eigenvalue weighted by Crippen LogP contribution is 2.12. The van der Waals surface area contributed by atoms with Crippen molar-refractivity contribution in [2.75, 3.05) is 13.7 Å². The van der Waals surface area contributed by atoms with E-state index in [9.17, 15) is 0 Å². The minimum atomic E-state index is 0.506. The van der Waals surface area contributed by atoms with E-state index in [0.717, 1.165) is 6.54 Å². The van der Waals surface area contributed by atoms with Crippen LogP contribution in [0.1, 0.15) is 26.2 Å². The number of hydrogen-bond acceptors (Lipinski definition) is 2. The summed E-state index contributed by atoms with van der Waals surface area (Å²) in [5.74, 6) is 0. The second kappa shape index (κ2) is 3.94. The average Bonchev–Trinajstić information content (AvgIpc) is 2.05. The molecule has 1 heterocycles. The van der Waals surface area contributed by atoms with Crippen molar-refractivity contribution in [3.05, 3.63) is 0 Å². The van der Waals surface area contributed by atoms with Gasteiger partial charge in [0.25, 0.3) is 0 Å². The second-order valence-corrected chi connectivity index (χ2v) is 2.94. The van der Waals surface area contributed by atoms with E-state index in [1.807, 2.05) is 7.11 Å². The molecule has 0 bridgehead atoms. The molecule has 1 rings (SSSR count). The zero-order valence-corrected chi connectivity index (χ0v) is 6.89.